The summed E-state index contributed by atoms with van der Waals surface area (Å²) in [6.07, 6.45) is 0. The van der Waals surface area contributed by atoms with Gasteiger partial charge < -0.3 is 44.4 Å². The maximum atomic E-state index is 12.3. The predicted molar refractivity (Wildman–Crippen MR) is 248 cm³/mol. The number of benzene rings is 4. The van der Waals surface area contributed by atoms with E-state index in [1.807, 2.05) is 103 Å². The first kappa shape index (κ1) is 49.5. The molecule has 0 bridgehead atoms. The maximum absolute atomic E-state index is 12.3. The molecule has 0 aliphatic rings. The molecule has 0 unspecified atom stereocenters. The molecule has 0 aliphatic heterocycles. The number of carbonyl (C=O) groups is 6. The van der Waals surface area contributed by atoms with Crippen molar-refractivity contribution in [1.29, 1.82) is 0 Å². The first-order valence-corrected chi connectivity index (χ1v) is 21.9. The highest BCUT2D eigenvalue weighted by atomic mass is 32.1. The number of hydrogen-bond donors (Lipinski definition) is 4. The molecule has 0 fully saturated rings. The number of rotatable bonds is 19. The van der Waals surface area contributed by atoms with Gasteiger partial charge in [0.1, 0.15) is 17.2 Å². The molecule has 0 spiro atoms. The molecular weight excluding hydrogens is 889 g/mol. The topological polar surface area (TPSA) is 218 Å². The molecule has 0 atom stereocenters. The van der Waals surface area contributed by atoms with Crippen molar-refractivity contribution >= 4 is 58.4 Å². The molecule has 2 amide bonds. The number of carboxylic acid groups (broad SMARTS) is 4. The highest BCUT2D eigenvalue weighted by molar-refractivity contribution is 7.18. The monoisotopic (exact) mass is 936 g/mol. The number of thiophene rings is 2. The highest BCUT2D eigenvalue weighted by Gasteiger charge is 2.25. The summed E-state index contributed by atoms with van der Waals surface area (Å²) in [4.78, 5) is 74.4. The van der Waals surface area contributed by atoms with Gasteiger partial charge in [-0.15, -0.1) is 22.7 Å². The molecular formula is C49H48N2O13S2. The van der Waals surface area contributed by atoms with Crippen LogP contribution in [0.3, 0.4) is 0 Å². The largest absolute Gasteiger partial charge is 0.497 e. The summed E-state index contributed by atoms with van der Waals surface area (Å²) in [6, 6.07) is 32.2. The summed E-state index contributed by atoms with van der Waals surface area (Å²) in [7, 11) is 1.60. The number of methoxy groups -OCH3 is 1. The molecule has 15 nitrogen and oxygen atoms in total. The fraction of sp³-hybridized carbons (Fsp3) is 0.224. The Kier molecular flexibility index (Phi) is 17.2. The van der Waals surface area contributed by atoms with Crippen molar-refractivity contribution in [3.63, 3.8) is 0 Å². The molecule has 6 aromatic rings. The zero-order valence-corrected chi connectivity index (χ0v) is 38.4. The Hall–Kier alpha value is -7.50. The average molecular weight is 937 g/mol. The average Bonchev–Trinajstić information content (AvgIpc) is 3.81. The summed E-state index contributed by atoms with van der Waals surface area (Å²) in [5.74, 6) is -3.99. The number of amides is 2. The minimum atomic E-state index is -1.19. The van der Waals surface area contributed by atoms with Crippen LogP contribution in [0, 0.1) is 13.8 Å². The van der Waals surface area contributed by atoms with Gasteiger partial charge in [0.2, 0.25) is 11.8 Å². The van der Waals surface area contributed by atoms with E-state index in [0.29, 0.717) is 47.1 Å². The second-order valence-electron chi connectivity index (χ2n) is 14.9. The second kappa shape index (κ2) is 22.9. The predicted octanol–water partition coefficient (Wildman–Crippen LogP) is 8.88. The van der Waals surface area contributed by atoms with E-state index >= 15 is 0 Å². The van der Waals surface area contributed by atoms with Gasteiger partial charge >= 0.3 is 23.9 Å². The van der Waals surface area contributed by atoms with Crippen LogP contribution in [-0.4, -0.2) is 86.2 Å². The molecule has 0 radical (unpaired) electrons. The summed E-state index contributed by atoms with van der Waals surface area (Å²) < 4.78 is 15.7. The Labute approximate surface area is 388 Å². The molecule has 17 heteroatoms. The molecule has 2 aromatic heterocycles. The Morgan fingerprint density at radius 3 is 1.26 bits per heavy atom. The zero-order chi connectivity index (χ0) is 48.1. The van der Waals surface area contributed by atoms with Gasteiger partial charge in [-0.3, -0.25) is 9.59 Å². The van der Waals surface area contributed by atoms with E-state index in [-0.39, 0.29) is 33.1 Å². The van der Waals surface area contributed by atoms with E-state index < -0.39 is 37.1 Å². The van der Waals surface area contributed by atoms with Crippen LogP contribution < -0.4 is 14.2 Å². The molecule has 0 aliphatic carbocycles. The second-order valence-corrected chi connectivity index (χ2v) is 16.9. The first-order chi connectivity index (χ1) is 31.4. The van der Waals surface area contributed by atoms with E-state index in [9.17, 15) is 39.0 Å². The minimum absolute atomic E-state index is 0.0430. The fourth-order valence-electron chi connectivity index (χ4n) is 6.82. The number of hydrogen-bond acceptors (Lipinski definition) is 11. The third-order valence-corrected chi connectivity index (χ3v) is 12.6. The van der Waals surface area contributed by atoms with Crippen LogP contribution >= 0.6 is 22.7 Å². The lowest BCUT2D eigenvalue weighted by atomic mass is 10.1. The standard InChI is InChI=1S/C25H25NO7S.C24H23NO6S/c1-15-22(33-14-21(28)29)24(25(30)31)34-23(15)19-6-4-5-18(11-19)13-26(16(2)27)12-17-7-9-20(32-3)10-8-17;1-15-21(31-14-20(27)28)23(24(29)30)32-22(15)19-10-6-9-18(11-19)13-25(16(2)26)12-17-7-4-3-5-8-17/h4-11H,12-14H2,1-3H3,(H,28,29)(H,30,31);3-11H,12-14H2,1-2H3,(H,27,28)(H,29,30). The number of aromatic carboxylic acids is 2. The number of carbonyl (C=O) groups excluding carboxylic acids is 2. The van der Waals surface area contributed by atoms with Gasteiger partial charge in [0.25, 0.3) is 0 Å². The minimum Gasteiger partial charge on any atom is -0.497 e. The number of ether oxygens (including phenoxy) is 3. The summed E-state index contributed by atoms with van der Waals surface area (Å²) in [6.45, 7) is 6.88. The lowest BCUT2D eigenvalue weighted by Gasteiger charge is -2.22. The van der Waals surface area contributed by atoms with Crippen molar-refractivity contribution in [3.8, 4) is 38.1 Å². The number of aliphatic carboxylic acids is 2. The summed E-state index contributed by atoms with van der Waals surface area (Å²) in [5.41, 5.74) is 6.43. The lowest BCUT2D eigenvalue weighted by molar-refractivity contribution is -0.140. The van der Waals surface area contributed by atoms with Crippen LogP contribution in [0.25, 0.3) is 20.9 Å². The van der Waals surface area contributed by atoms with Gasteiger partial charge in [0, 0.05) is 60.9 Å². The van der Waals surface area contributed by atoms with Crippen molar-refractivity contribution in [1.82, 2.24) is 9.80 Å². The van der Waals surface area contributed by atoms with Crippen LogP contribution in [0.15, 0.2) is 103 Å². The van der Waals surface area contributed by atoms with Crippen LogP contribution in [0.5, 0.6) is 17.2 Å². The van der Waals surface area contributed by atoms with E-state index in [1.54, 1.807) is 30.8 Å². The van der Waals surface area contributed by atoms with Gasteiger partial charge in [0.05, 0.1) is 7.11 Å². The van der Waals surface area contributed by atoms with Crippen molar-refractivity contribution in [2.45, 2.75) is 53.9 Å². The van der Waals surface area contributed by atoms with Gasteiger partial charge in [-0.05, 0) is 71.5 Å². The van der Waals surface area contributed by atoms with Crippen molar-refractivity contribution in [2.24, 2.45) is 0 Å². The van der Waals surface area contributed by atoms with Crippen LogP contribution in [0.1, 0.15) is 66.6 Å². The fourth-order valence-corrected chi connectivity index (χ4v) is 8.99. The summed E-state index contributed by atoms with van der Waals surface area (Å²) >= 11 is 2.07. The van der Waals surface area contributed by atoms with Crippen LogP contribution in [0.4, 0.5) is 0 Å². The van der Waals surface area contributed by atoms with Crippen LogP contribution in [-0.2, 0) is 45.4 Å². The normalized spacial score (nSPS) is 10.6. The van der Waals surface area contributed by atoms with Gasteiger partial charge in [-0.2, -0.15) is 0 Å². The molecule has 0 saturated carbocycles. The van der Waals surface area contributed by atoms with Gasteiger partial charge in [-0.25, -0.2) is 19.2 Å². The molecule has 344 valence electrons. The van der Waals surface area contributed by atoms with Gasteiger partial charge in [-0.1, -0.05) is 78.9 Å². The number of carboxylic acids is 4. The summed E-state index contributed by atoms with van der Waals surface area (Å²) in [5, 5.41) is 36.9. The van der Waals surface area contributed by atoms with E-state index in [4.69, 9.17) is 24.4 Å². The van der Waals surface area contributed by atoms with E-state index in [2.05, 4.69) is 0 Å². The SMILES string of the molecule is CC(=O)N(Cc1ccccc1)Cc1cccc(-c2sc(C(=O)O)c(OCC(=O)O)c2C)c1.COc1ccc(CN(Cc2cccc(-c3sc(C(=O)O)c(OCC(=O)O)c3C)c2)C(C)=O)cc1. The Morgan fingerprint density at radius 2 is 0.894 bits per heavy atom. The Morgan fingerprint density at radius 1 is 0.515 bits per heavy atom. The third kappa shape index (κ3) is 13.3. The Bertz CT molecular complexity index is 2710. The third-order valence-electron chi connectivity index (χ3n) is 10.0. The lowest BCUT2D eigenvalue weighted by Crippen LogP contribution is -2.27. The molecule has 4 aromatic carbocycles. The molecule has 2 heterocycles. The first-order valence-electron chi connectivity index (χ1n) is 20.2. The smallest absolute Gasteiger partial charge is 0.349 e. The molecule has 66 heavy (non-hydrogen) atoms. The van der Waals surface area contributed by atoms with Crippen molar-refractivity contribution in [3.05, 3.63) is 146 Å². The van der Waals surface area contributed by atoms with Crippen molar-refractivity contribution < 1.29 is 63.4 Å². The van der Waals surface area contributed by atoms with E-state index in [0.717, 1.165) is 61.8 Å². The van der Waals surface area contributed by atoms with E-state index in [1.165, 1.54) is 13.8 Å². The highest BCUT2D eigenvalue weighted by Crippen LogP contribution is 2.43. The number of nitrogens with zero attached hydrogens (tertiary/aromatic N) is 2. The molecule has 0 saturated heterocycles. The zero-order valence-electron chi connectivity index (χ0n) is 36.7. The quantitative estimate of drug-likeness (QED) is 0.0597. The van der Waals surface area contributed by atoms with Crippen molar-refractivity contribution in [2.75, 3.05) is 20.3 Å². The van der Waals surface area contributed by atoms with Crippen LogP contribution in [0.2, 0.25) is 0 Å². The van der Waals surface area contributed by atoms with Gasteiger partial charge in [0.15, 0.2) is 23.0 Å². The maximum Gasteiger partial charge on any atom is 0.349 e. The molecule has 6 rings (SSSR count). The Balaban J connectivity index is 0.000000248. The molecule has 4 N–H and O–H groups in total.